The normalized spacial score (nSPS) is 10.6. The fraction of sp³-hybridized carbons (Fsp3) is 0. The van der Waals surface area contributed by atoms with Crippen LogP contribution in [-0.4, -0.2) is 4.98 Å². The number of nitriles is 1. The Morgan fingerprint density at radius 2 is 1.74 bits per heavy atom. The number of fused-ring (bicyclic) bond motifs is 1. The lowest BCUT2D eigenvalue weighted by molar-refractivity contribution is 0.591. The number of hydrogen-bond acceptors (Lipinski definition) is 1. The smallest absolute Gasteiger partial charge is 0.150 e. The third kappa shape index (κ3) is 1.95. The van der Waals surface area contributed by atoms with Crippen LogP contribution in [0.1, 0.15) is 5.56 Å². The number of nitrogens with zero attached hydrogens (tertiary/aromatic N) is 1. The first-order chi connectivity index (χ1) is 9.17. The van der Waals surface area contributed by atoms with E-state index in [2.05, 4.69) is 4.98 Å². The molecule has 0 saturated heterocycles. The fourth-order valence-electron chi connectivity index (χ4n) is 2.05. The lowest BCUT2D eigenvalue weighted by Crippen LogP contribution is -1.81. The molecule has 92 valence electrons. The molecule has 0 radical (unpaired) electrons. The third-order valence-corrected chi connectivity index (χ3v) is 2.97. The van der Waals surface area contributed by atoms with Gasteiger partial charge in [0.15, 0.2) is 0 Å². The summed E-state index contributed by atoms with van der Waals surface area (Å²) in [6.07, 6.45) is 0. The minimum Gasteiger partial charge on any atom is -0.352 e. The number of rotatable bonds is 1. The highest BCUT2D eigenvalue weighted by atomic mass is 19.1. The maximum atomic E-state index is 13.6. The van der Waals surface area contributed by atoms with Crippen molar-refractivity contribution >= 4 is 10.9 Å². The van der Waals surface area contributed by atoms with Crippen LogP contribution in [0.3, 0.4) is 0 Å². The monoisotopic (exact) mass is 254 g/mol. The first-order valence-corrected chi connectivity index (χ1v) is 5.65. The predicted molar refractivity (Wildman–Crippen MR) is 68.4 cm³/mol. The van der Waals surface area contributed by atoms with Gasteiger partial charge in [-0.3, -0.25) is 0 Å². The summed E-state index contributed by atoms with van der Waals surface area (Å²) in [6, 6.07) is 12.7. The van der Waals surface area contributed by atoms with E-state index in [9.17, 15) is 8.78 Å². The Hall–Kier alpha value is -2.67. The van der Waals surface area contributed by atoms with Crippen LogP contribution in [0.4, 0.5) is 8.78 Å². The van der Waals surface area contributed by atoms with Crippen LogP contribution in [0.15, 0.2) is 42.5 Å². The molecule has 1 N–H and O–H groups in total. The van der Waals surface area contributed by atoms with Crippen molar-refractivity contribution in [2.24, 2.45) is 0 Å². The average Bonchev–Trinajstić information content (AvgIpc) is 2.83. The van der Waals surface area contributed by atoms with Crippen molar-refractivity contribution in [3.63, 3.8) is 0 Å². The molecule has 3 aromatic rings. The van der Waals surface area contributed by atoms with Crippen LogP contribution in [0.25, 0.3) is 22.2 Å². The van der Waals surface area contributed by atoms with E-state index < -0.39 is 11.6 Å². The number of hydrogen-bond donors (Lipinski definition) is 1. The van der Waals surface area contributed by atoms with Crippen LogP contribution < -0.4 is 0 Å². The van der Waals surface area contributed by atoms with Crippen LogP contribution in [0, 0.1) is 23.0 Å². The molecule has 0 spiro atoms. The van der Waals surface area contributed by atoms with Gasteiger partial charge in [-0.2, -0.15) is 5.26 Å². The molecule has 1 aromatic heterocycles. The molecule has 0 aliphatic rings. The van der Waals surface area contributed by atoms with Gasteiger partial charge >= 0.3 is 0 Å². The van der Waals surface area contributed by atoms with Crippen molar-refractivity contribution in [3.8, 4) is 17.3 Å². The van der Waals surface area contributed by atoms with Crippen LogP contribution >= 0.6 is 0 Å². The highest BCUT2D eigenvalue weighted by Gasteiger charge is 2.09. The minimum absolute atomic E-state index is 0.278. The molecule has 0 aliphatic carbocycles. The van der Waals surface area contributed by atoms with Crippen molar-refractivity contribution in [2.75, 3.05) is 0 Å². The lowest BCUT2D eigenvalue weighted by Gasteiger charge is -1.97. The van der Waals surface area contributed by atoms with Gasteiger partial charge in [0.05, 0.1) is 17.1 Å². The van der Waals surface area contributed by atoms with Gasteiger partial charge in [-0.25, -0.2) is 8.78 Å². The topological polar surface area (TPSA) is 39.6 Å². The van der Waals surface area contributed by atoms with E-state index in [0.29, 0.717) is 16.6 Å². The largest absolute Gasteiger partial charge is 0.352 e. The van der Waals surface area contributed by atoms with Crippen LogP contribution in [-0.2, 0) is 0 Å². The van der Waals surface area contributed by atoms with E-state index in [-0.39, 0.29) is 5.52 Å². The molecule has 0 bridgehead atoms. The standard InChI is InChI=1S/C15H8F2N2/c16-12-5-11-6-14(19-15(11)13(17)7-12)10-3-1-9(8-18)2-4-10/h1-7,19H. The van der Waals surface area contributed by atoms with Crippen molar-refractivity contribution in [1.29, 1.82) is 5.26 Å². The molecule has 0 unspecified atom stereocenters. The Bertz CT molecular complexity index is 795. The summed E-state index contributed by atoms with van der Waals surface area (Å²) in [5.74, 6) is -1.22. The number of nitrogens with one attached hydrogen (secondary N) is 1. The second-order valence-electron chi connectivity index (χ2n) is 4.22. The van der Waals surface area contributed by atoms with Crippen molar-refractivity contribution in [2.45, 2.75) is 0 Å². The molecule has 4 heteroatoms. The fourth-order valence-corrected chi connectivity index (χ4v) is 2.05. The zero-order chi connectivity index (χ0) is 13.4. The Kier molecular flexibility index (Phi) is 2.53. The molecular formula is C15H8F2N2. The number of H-pyrrole nitrogens is 1. The van der Waals surface area contributed by atoms with E-state index in [1.54, 1.807) is 30.3 Å². The quantitative estimate of drug-likeness (QED) is 0.700. The van der Waals surface area contributed by atoms with Gasteiger partial charge in [-0.1, -0.05) is 12.1 Å². The van der Waals surface area contributed by atoms with Gasteiger partial charge in [0.2, 0.25) is 0 Å². The zero-order valence-corrected chi connectivity index (χ0v) is 9.74. The molecule has 19 heavy (non-hydrogen) atoms. The van der Waals surface area contributed by atoms with E-state index in [1.807, 2.05) is 6.07 Å². The predicted octanol–water partition coefficient (Wildman–Crippen LogP) is 3.98. The van der Waals surface area contributed by atoms with E-state index in [0.717, 1.165) is 11.6 Å². The van der Waals surface area contributed by atoms with Gasteiger partial charge in [0.1, 0.15) is 11.6 Å². The van der Waals surface area contributed by atoms with Gasteiger partial charge in [-0.05, 0) is 29.8 Å². The summed E-state index contributed by atoms with van der Waals surface area (Å²) in [4.78, 5) is 2.92. The minimum atomic E-state index is -0.616. The SMILES string of the molecule is N#Cc1ccc(-c2cc3cc(F)cc(F)c3[nH]2)cc1. The number of benzene rings is 2. The van der Waals surface area contributed by atoms with E-state index in [4.69, 9.17) is 5.26 Å². The first kappa shape index (κ1) is 11.4. The molecule has 0 fully saturated rings. The summed E-state index contributed by atoms with van der Waals surface area (Å²) >= 11 is 0. The maximum Gasteiger partial charge on any atom is 0.150 e. The molecule has 0 atom stereocenters. The highest BCUT2D eigenvalue weighted by molar-refractivity contribution is 5.86. The molecule has 0 aliphatic heterocycles. The van der Waals surface area contributed by atoms with Crippen LogP contribution in [0.5, 0.6) is 0 Å². The third-order valence-electron chi connectivity index (χ3n) is 2.97. The van der Waals surface area contributed by atoms with Crippen molar-refractivity contribution in [3.05, 3.63) is 59.7 Å². The highest BCUT2D eigenvalue weighted by Crippen LogP contribution is 2.26. The van der Waals surface area contributed by atoms with Crippen LogP contribution in [0.2, 0.25) is 0 Å². The maximum absolute atomic E-state index is 13.6. The number of aromatic amines is 1. The second-order valence-corrected chi connectivity index (χ2v) is 4.22. The van der Waals surface area contributed by atoms with Gasteiger partial charge in [0, 0.05) is 17.1 Å². The first-order valence-electron chi connectivity index (χ1n) is 5.65. The van der Waals surface area contributed by atoms with E-state index in [1.165, 1.54) is 6.07 Å². The van der Waals surface area contributed by atoms with Gasteiger partial charge in [-0.15, -0.1) is 0 Å². The molecule has 3 rings (SSSR count). The summed E-state index contributed by atoms with van der Waals surface area (Å²) < 4.78 is 26.7. The molecule has 2 aromatic carbocycles. The van der Waals surface area contributed by atoms with Crippen molar-refractivity contribution < 1.29 is 8.78 Å². The number of halogens is 2. The molecule has 0 amide bonds. The Labute approximate surface area is 107 Å². The Morgan fingerprint density at radius 3 is 2.42 bits per heavy atom. The number of aromatic nitrogens is 1. The Morgan fingerprint density at radius 1 is 1.00 bits per heavy atom. The molecule has 0 saturated carbocycles. The lowest BCUT2D eigenvalue weighted by atomic mass is 10.1. The second kappa shape index (κ2) is 4.21. The van der Waals surface area contributed by atoms with Gasteiger partial charge < -0.3 is 4.98 Å². The summed E-state index contributed by atoms with van der Waals surface area (Å²) in [5.41, 5.74) is 2.33. The van der Waals surface area contributed by atoms with Crippen molar-refractivity contribution in [1.82, 2.24) is 4.98 Å². The molecule has 2 nitrogen and oxygen atoms in total. The molecule has 1 heterocycles. The summed E-state index contributed by atoms with van der Waals surface area (Å²) in [7, 11) is 0. The van der Waals surface area contributed by atoms with E-state index >= 15 is 0 Å². The summed E-state index contributed by atoms with van der Waals surface area (Å²) in [6.45, 7) is 0. The average molecular weight is 254 g/mol. The Balaban J connectivity index is 2.15. The molecular weight excluding hydrogens is 246 g/mol. The summed E-state index contributed by atoms with van der Waals surface area (Å²) in [5, 5.41) is 9.21. The van der Waals surface area contributed by atoms with Gasteiger partial charge in [0.25, 0.3) is 0 Å². The zero-order valence-electron chi connectivity index (χ0n) is 9.74.